The molecule has 124 valence electrons. The van der Waals surface area contributed by atoms with Gasteiger partial charge < -0.3 is 19.7 Å². The average molecular weight is 324 g/mol. The second kappa shape index (κ2) is 6.43. The lowest BCUT2D eigenvalue weighted by molar-refractivity contribution is 0.174. The fourth-order valence-corrected chi connectivity index (χ4v) is 3.37. The van der Waals surface area contributed by atoms with E-state index in [1.807, 2.05) is 41.3 Å². The second-order valence-electron chi connectivity index (χ2n) is 6.18. The fraction of sp³-hybridized carbons (Fsp3) is 0.316. The zero-order valence-corrected chi connectivity index (χ0v) is 13.4. The van der Waals surface area contributed by atoms with Gasteiger partial charge in [0, 0.05) is 24.3 Å². The van der Waals surface area contributed by atoms with E-state index in [0.717, 1.165) is 37.2 Å². The third-order valence-corrected chi connectivity index (χ3v) is 4.58. The minimum atomic E-state index is -0.0488. The normalized spacial score (nSPS) is 18.7. The Morgan fingerprint density at radius 2 is 1.96 bits per heavy atom. The first-order chi connectivity index (χ1) is 11.8. The second-order valence-corrected chi connectivity index (χ2v) is 6.18. The first-order valence-corrected chi connectivity index (χ1v) is 8.31. The largest absolute Gasteiger partial charge is 0.454 e. The third-order valence-electron chi connectivity index (χ3n) is 4.58. The molecule has 1 saturated heterocycles. The van der Waals surface area contributed by atoms with Gasteiger partial charge in [0.2, 0.25) is 6.79 Å². The van der Waals surface area contributed by atoms with Gasteiger partial charge in [0.05, 0.1) is 0 Å². The third kappa shape index (κ3) is 3.02. The molecule has 0 aromatic heterocycles. The number of amides is 2. The number of hydrogen-bond acceptors (Lipinski definition) is 3. The molecule has 2 aliphatic rings. The van der Waals surface area contributed by atoms with Crippen LogP contribution in [0.2, 0.25) is 0 Å². The molecule has 1 atom stereocenters. The predicted molar refractivity (Wildman–Crippen MR) is 91.5 cm³/mol. The fourth-order valence-electron chi connectivity index (χ4n) is 3.37. The molecule has 2 amide bonds. The molecule has 0 aliphatic carbocycles. The minimum absolute atomic E-state index is 0.0488. The van der Waals surface area contributed by atoms with Crippen LogP contribution < -0.4 is 14.8 Å². The summed E-state index contributed by atoms with van der Waals surface area (Å²) in [5.41, 5.74) is 2.00. The monoisotopic (exact) mass is 324 g/mol. The van der Waals surface area contributed by atoms with Crippen molar-refractivity contribution in [2.75, 3.05) is 18.7 Å². The number of rotatable bonds is 3. The molecule has 0 bridgehead atoms. The molecule has 5 nitrogen and oxygen atoms in total. The highest BCUT2D eigenvalue weighted by Crippen LogP contribution is 2.34. The number of anilines is 1. The maximum absolute atomic E-state index is 12.7. The Labute approximate surface area is 141 Å². The van der Waals surface area contributed by atoms with Gasteiger partial charge in [-0.25, -0.2) is 4.79 Å². The molecular formula is C19H20N2O3. The molecule has 2 aromatic rings. The Morgan fingerprint density at radius 3 is 2.83 bits per heavy atom. The summed E-state index contributed by atoms with van der Waals surface area (Å²) in [5, 5.41) is 2.98. The molecule has 5 heteroatoms. The Morgan fingerprint density at radius 1 is 1.12 bits per heavy atom. The van der Waals surface area contributed by atoms with Crippen LogP contribution in [-0.4, -0.2) is 30.3 Å². The number of hydrogen-bond donors (Lipinski definition) is 1. The molecule has 0 saturated carbocycles. The van der Waals surface area contributed by atoms with E-state index in [2.05, 4.69) is 17.4 Å². The van der Waals surface area contributed by atoms with Crippen molar-refractivity contribution in [1.29, 1.82) is 0 Å². The van der Waals surface area contributed by atoms with Crippen molar-refractivity contribution in [3.05, 3.63) is 54.1 Å². The van der Waals surface area contributed by atoms with Crippen LogP contribution in [0.25, 0.3) is 0 Å². The smallest absolute Gasteiger partial charge is 0.322 e. The molecule has 24 heavy (non-hydrogen) atoms. The molecule has 2 aromatic carbocycles. The summed E-state index contributed by atoms with van der Waals surface area (Å²) in [6.07, 6.45) is 2.99. The van der Waals surface area contributed by atoms with E-state index in [4.69, 9.17) is 9.47 Å². The van der Waals surface area contributed by atoms with Gasteiger partial charge in [0.15, 0.2) is 11.5 Å². The lowest BCUT2D eigenvalue weighted by Gasteiger charge is -2.25. The van der Waals surface area contributed by atoms with Crippen molar-refractivity contribution in [2.45, 2.75) is 25.3 Å². The number of fused-ring (bicyclic) bond motifs is 1. The topological polar surface area (TPSA) is 50.8 Å². The van der Waals surface area contributed by atoms with E-state index in [1.165, 1.54) is 5.56 Å². The minimum Gasteiger partial charge on any atom is -0.454 e. The zero-order chi connectivity index (χ0) is 16.4. The Bertz CT molecular complexity index is 733. The van der Waals surface area contributed by atoms with Crippen LogP contribution >= 0.6 is 0 Å². The Balaban J connectivity index is 1.43. The molecule has 1 fully saturated rings. The summed E-state index contributed by atoms with van der Waals surface area (Å²) in [7, 11) is 0. The molecule has 4 rings (SSSR count). The summed E-state index contributed by atoms with van der Waals surface area (Å²) in [4.78, 5) is 14.6. The van der Waals surface area contributed by atoms with Crippen LogP contribution in [-0.2, 0) is 6.42 Å². The van der Waals surface area contributed by atoms with E-state index in [1.54, 1.807) is 0 Å². The summed E-state index contributed by atoms with van der Waals surface area (Å²) in [6.45, 7) is 1.03. The number of urea groups is 1. The molecule has 0 radical (unpaired) electrons. The summed E-state index contributed by atoms with van der Waals surface area (Å²) < 4.78 is 10.7. The van der Waals surface area contributed by atoms with Crippen molar-refractivity contribution in [3.63, 3.8) is 0 Å². The van der Waals surface area contributed by atoms with Crippen molar-refractivity contribution in [2.24, 2.45) is 0 Å². The van der Waals surface area contributed by atoms with E-state index >= 15 is 0 Å². The Kier molecular flexibility index (Phi) is 3.99. The van der Waals surface area contributed by atoms with Crippen LogP contribution in [0.4, 0.5) is 10.5 Å². The Hall–Kier alpha value is -2.69. The van der Waals surface area contributed by atoms with E-state index in [-0.39, 0.29) is 18.9 Å². The first kappa shape index (κ1) is 14.9. The number of likely N-dealkylation sites (tertiary alicyclic amines) is 1. The number of ether oxygens (including phenoxy) is 2. The van der Waals surface area contributed by atoms with Crippen molar-refractivity contribution < 1.29 is 14.3 Å². The molecule has 2 aliphatic heterocycles. The van der Waals surface area contributed by atoms with Gasteiger partial charge in [0.25, 0.3) is 0 Å². The van der Waals surface area contributed by atoms with Gasteiger partial charge in [-0.3, -0.25) is 0 Å². The van der Waals surface area contributed by atoms with Crippen LogP contribution in [0.1, 0.15) is 18.4 Å². The van der Waals surface area contributed by atoms with Crippen molar-refractivity contribution in [1.82, 2.24) is 4.90 Å². The van der Waals surface area contributed by atoms with Gasteiger partial charge >= 0.3 is 6.03 Å². The van der Waals surface area contributed by atoms with Gasteiger partial charge in [-0.2, -0.15) is 0 Å². The highest BCUT2D eigenvalue weighted by Gasteiger charge is 2.29. The van der Waals surface area contributed by atoms with E-state index < -0.39 is 0 Å². The molecule has 1 N–H and O–H groups in total. The number of carbonyl (C=O) groups excluding carboxylic acids is 1. The lowest BCUT2D eigenvalue weighted by atomic mass is 10.0. The highest BCUT2D eigenvalue weighted by atomic mass is 16.7. The molecule has 0 spiro atoms. The standard InChI is InChI=1S/C19H20N2O3/c22-19(20-15-8-9-17-18(12-15)24-13-23-17)21-10-4-7-16(21)11-14-5-2-1-3-6-14/h1-3,5-6,8-9,12,16H,4,7,10-11,13H2,(H,20,22). The highest BCUT2D eigenvalue weighted by molar-refractivity contribution is 5.90. The zero-order valence-electron chi connectivity index (χ0n) is 13.4. The maximum Gasteiger partial charge on any atom is 0.322 e. The molecule has 2 heterocycles. The van der Waals surface area contributed by atoms with E-state index in [0.29, 0.717) is 5.75 Å². The van der Waals surface area contributed by atoms with Gasteiger partial charge in [-0.05, 0) is 37.0 Å². The van der Waals surface area contributed by atoms with Gasteiger partial charge in [-0.1, -0.05) is 30.3 Å². The van der Waals surface area contributed by atoms with Crippen LogP contribution in [0, 0.1) is 0 Å². The van der Waals surface area contributed by atoms with Crippen molar-refractivity contribution in [3.8, 4) is 11.5 Å². The van der Waals surface area contributed by atoms with Crippen molar-refractivity contribution >= 4 is 11.7 Å². The summed E-state index contributed by atoms with van der Waals surface area (Å²) in [5.74, 6) is 1.39. The summed E-state index contributed by atoms with van der Waals surface area (Å²) >= 11 is 0. The maximum atomic E-state index is 12.7. The number of carbonyl (C=O) groups is 1. The van der Waals surface area contributed by atoms with E-state index in [9.17, 15) is 4.79 Å². The first-order valence-electron chi connectivity index (χ1n) is 8.31. The number of benzene rings is 2. The quantitative estimate of drug-likeness (QED) is 0.937. The SMILES string of the molecule is O=C(Nc1ccc2c(c1)OCO2)N1CCCC1Cc1ccccc1. The van der Waals surface area contributed by atoms with Crippen LogP contribution in [0.3, 0.4) is 0 Å². The van der Waals surface area contributed by atoms with Crippen LogP contribution in [0.5, 0.6) is 11.5 Å². The lowest BCUT2D eigenvalue weighted by Crippen LogP contribution is -2.39. The number of nitrogens with one attached hydrogen (secondary N) is 1. The predicted octanol–water partition coefficient (Wildman–Crippen LogP) is 3.65. The van der Waals surface area contributed by atoms with Gasteiger partial charge in [0.1, 0.15) is 0 Å². The van der Waals surface area contributed by atoms with Gasteiger partial charge in [-0.15, -0.1) is 0 Å². The molecular weight excluding hydrogens is 304 g/mol. The average Bonchev–Trinajstić information content (AvgIpc) is 3.24. The molecule has 1 unspecified atom stereocenters. The van der Waals surface area contributed by atoms with Crippen LogP contribution in [0.15, 0.2) is 48.5 Å². The number of nitrogens with zero attached hydrogens (tertiary/aromatic N) is 1. The summed E-state index contributed by atoms with van der Waals surface area (Å²) in [6, 6.07) is 16.0.